The normalized spacial score (nSPS) is 37.3. The lowest BCUT2D eigenvalue weighted by atomic mass is 9.72. The van der Waals surface area contributed by atoms with Crippen LogP contribution in [0.2, 0.25) is 0 Å². The maximum atomic E-state index is 6.08. The molecule has 14 heavy (non-hydrogen) atoms. The molecule has 2 nitrogen and oxygen atoms in total. The fourth-order valence-electron chi connectivity index (χ4n) is 2.27. The van der Waals surface area contributed by atoms with Gasteiger partial charge in [0, 0.05) is 12.1 Å². The Labute approximate surface area is 100 Å². The van der Waals surface area contributed by atoms with Gasteiger partial charge in [-0.1, -0.05) is 20.8 Å². The summed E-state index contributed by atoms with van der Waals surface area (Å²) in [7, 11) is 0. The Morgan fingerprint density at radius 1 is 1.00 bits per heavy atom. The highest BCUT2D eigenvalue weighted by Gasteiger charge is 2.32. The third-order valence-corrected chi connectivity index (χ3v) is 3.33. The van der Waals surface area contributed by atoms with Crippen LogP contribution < -0.4 is 11.5 Å². The summed E-state index contributed by atoms with van der Waals surface area (Å²) in [6, 6.07) is 0.747. The smallest absolute Gasteiger partial charge is 0.00733 e. The van der Waals surface area contributed by atoms with Crippen molar-refractivity contribution >= 4 is 24.8 Å². The van der Waals surface area contributed by atoms with Crippen LogP contribution in [0.4, 0.5) is 0 Å². The highest BCUT2D eigenvalue weighted by molar-refractivity contribution is 5.85. The largest absolute Gasteiger partial charge is 0.327 e. The van der Waals surface area contributed by atoms with E-state index in [9.17, 15) is 0 Å². The molecule has 1 fully saturated rings. The average molecular weight is 243 g/mol. The second-order valence-electron chi connectivity index (χ2n) is 4.68. The third kappa shape index (κ3) is 3.93. The van der Waals surface area contributed by atoms with Crippen molar-refractivity contribution in [2.75, 3.05) is 0 Å². The van der Waals surface area contributed by atoms with E-state index in [-0.39, 0.29) is 24.8 Å². The topological polar surface area (TPSA) is 52.0 Å². The molecule has 0 aromatic carbocycles. The lowest BCUT2D eigenvalue weighted by Gasteiger charge is -2.38. The predicted molar refractivity (Wildman–Crippen MR) is 67.2 cm³/mol. The third-order valence-electron chi connectivity index (χ3n) is 3.33. The summed E-state index contributed by atoms with van der Waals surface area (Å²) in [5, 5.41) is 0. The van der Waals surface area contributed by atoms with Crippen molar-refractivity contribution in [3.63, 3.8) is 0 Å². The molecule has 0 aliphatic heterocycles. The van der Waals surface area contributed by atoms with Gasteiger partial charge in [0.15, 0.2) is 0 Å². The Morgan fingerprint density at radius 2 is 1.50 bits per heavy atom. The molecule has 0 saturated heterocycles. The van der Waals surface area contributed by atoms with Gasteiger partial charge in [0.1, 0.15) is 0 Å². The minimum absolute atomic E-state index is 0. The monoisotopic (exact) mass is 242 g/mol. The van der Waals surface area contributed by atoms with Crippen LogP contribution in [0.25, 0.3) is 0 Å². The van der Waals surface area contributed by atoms with Crippen molar-refractivity contribution in [2.45, 2.75) is 45.7 Å². The Hall–Kier alpha value is 0.500. The first-order valence-corrected chi connectivity index (χ1v) is 5.03. The summed E-state index contributed by atoms with van der Waals surface area (Å²) in [5.41, 5.74) is 12.1. The van der Waals surface area contributed by atoms with Crippen molar-refractivity contribution in [3.05, 3.63) is 0 Å². The number of rotatable bonds is 1. The molecule has 0 amide bonds. The lowest BCUT2D eigenvalue weighted by Crippen LogP contribution is -2.47. The van der Waals surface area contributed by atoms with E-state index in [1.165, 1.54) is 0 Å². The molecule has 1 aliphatic rings. The van der Waals surface area contributed by atoms with Crippen LogP contribution in [-0.4, -0.2) is 12.1 Å². The van der Waals surface area contributed by atoms with Crippen LogP contribution in [0, 0.1) is 17.8 Å². The van der Waals surface area contributed by atoms with E-state index in [0.717, 1.165) is 12.8 Å². The highest BCUT2D eigenvalue weighted by atomic mass is 35.5. The second kappa shape index (κ2) is 6.89. The predicted octanol–water partition coefficient (Wildman–Crippen LogP) is 2.19. The summed E-state index contributed by atoms with van der Waals surface area (Å²) in [6.45, 7) is 6.70. The summed E-state index contributed by atoms with van der Waals surface area (Å²) in [6.07, 6.45) is 2.21. The first-order chi connectivity index (χ1) is 5.52. The van der Waals surface area contributed by atoms with Gasteiger partial charge in [0.05, 0.1) is 0 Å². The van der Waals surface area contributed by atoms with Gasteiger partial charge >= 0.3 is 0 Å². The summed E-state index contributed by atoms with van der Waals surface area (Å²) < 4.78 is 0. The standard InChI is InChI=1S/C10H22N2.2ClH/c1-6(2)8-5-9(11)7(3)4-10(8)12;;/h6-10H,4-5,11-12H2,1-3H3;2*1H. The van der Waals surface area contributed by atoms with Crippen LogP contribution in [0.3, 0.4) is 0 Å². The zero-order valence-corrected chi connectivity index (χ0v) is 10.9. The molecular weight excluding hydrogens is 219 g/mol. The van der Waals surface area contributed by atoms with Gasteiger partial charge in [-0.2, -0.15) is 0 Å². The van der Waals surface area contributed by atoms with Gasteiger partial charge in [-0.15, -0.1) is 24.8 Å². The molecule has 0 spiro atoms. The van der Waals surface area contributed by atoms with Gasteiger partial charge in [-0.3, -0.25) is 0 Å². The quantitative estimate of drug-likeness (QED) is 0.741. The molecule has 88 valence electrons. The molecule has 0 heterocycles. The van der Waals surface area contributed by atoms with Crippen molar-refractivity contribution in [2.24, 2.45) is 29.2 Å². The minimum Gasteiger partial charge on any atom is -0.327 e. The van der Waals surface area contributed by atoms with Gasteiger partial charge in [-0.25, -0.2) is 0 Å². The molecular formula is C10H24Cl2N2. The summed E-state index contributed by atoms with van der Waals surface area (Å²) in [4.78, 5) is 0. The summed E-state index contributed by atoms with van der Waals surface area (Å²) >= 11 is 0. The zero-order valence-electron chi connectivity index (χ0n) is 9.27. The van der Waals surface area contributed by atoms with E-state index in [1.54, 1.807) is 0 Å². The first-order valence-electron chi connectivity index (χ1n) is 5.03. The SMILES string of the molecule is CC(C)C1CC(N)C(C)CC1N.Cl.Cl. The average Bonchev–Trinajstić information content (AvgIpc) is 1.96. The minimum atomic E-state index is 0. The van der Waals surface area contributed by atoms with Gasteiger partial charge in [0.2, 0.25) is 0 Å². The fraction of sp³-hybridized carbons (Fsp3) is 1.00. The van der Waals surface area contributed by atoms with Gasteiger partial charge < -0.3 is 11.5 Å². The Kier molecular flexibility index (Phi) is 8.32. The van der Waals surface area contributed by atoms with Crippen molar-refractivity contribution in [1.29, 1.82) is 0 Å². The van der Waals surface area contributed by atoms with E-state index in [1.807, 2.05) is 0 Å². The van der Waals surface area contributed by atoms with E-state index < -0.39 is 0 Å². The molecule has 4 atom stereocenters. The van der Waals surface area contributed by atoms with Crippen molar-refractivity contribution in [1.82, 2.24) is 0 Å². The molecule has 1 saturated carbocycles. The van der Waals surface area contributed by atoms with E-state index >= 15 is 0 Å². The van der Waals surface area contributed by atoms with E-state index in [2.05, 4.69) is 20.8 Å². The molecule has 4 N–H and O–H groups in total. The molecule has 0 bridgehead atoms. The molecule has 1 rings (SSSR count). The zero-order chi connectivity index (χ0) is 9.30. The van der Waals surface area contributed by atoms with E-state index in [0.29, 0.717) is 29.8 Å². The summed E-state index contributed by atoms with van der Waals surface area (Å²) in [5.74, 6) is 1.92. The fourth-order valence-corrected chi connectivity index (χ4v) is 2.27. The van der Waals surface area contributed by atoms with Crippen LogP contribution in [0.5, 0.6) is 0 Å². The van der Waals surface area contributed by atoms with Crippen LogP contribution in [0.15, 0.2) is 0 Å². The number of hydrogen-bond acceptors (Lipinski definition) is 2. The molecule has 4 heteroatoms. The van der Waals surface area contributed by atoms with Crippen molar-refractivity contribution < 1.29 is 0 Å². The molecule has 0 aromatic heterocycles. The molecule has 0 aromatic rings. The maximum absolute atomic E-state index is 6.08. The van der Waals surface area contributed by atoms with Crippen LogP contribution >= 0.6 is 24.8 Å². The lowest BCUT2D eigenvalue weighted by molar-refractivity contribution is 0.175. The molecule has 4 unspecified atom stereocenters. The number of hydrogen-bond donors (Lipinski definition) is 2. The highest BCUT2D eigenvalue weighted by Crippen LogP contribution is 2.31. The Morgan fingerprint density at radius 3 is 1.93 bits per heavy atom. The van der Waals surface area contributed by atoms with Crippen LogP contribution in [-0.2, 0) is 0 Å². The van der Waals surface area contributed by atoms with Gasteiger partial charge in [-0.05, 0) is 30.6 Å². The second-order valence-corrected chi connectivity index (χ2v) is 4.68. The van der Waals surface area contributed by atoms with E-state index in [4.69, 9.17) is 11.5 Å². The maximum Gasteiger partial charge on any atom is 0.00733 e. The van der Waals surface area contributed by atoms with Crippen molar-refractivity contribution in [3.8, 4) is 0 Å². The number of nitrogens with two attached hydrogens (primary N) is 2. The molecule has 1 aliphatic carbocycles. The first kappa shape index (κ1) is 16.9. The Balaban J connectivity index is 0. The number of halogens is 2. The van der Waals surface area contributed by atoms with Crippen LogP contribution in [0.1, 0.15) is 33.6 Å². The Bertz CT molecular complexity index is 153. The molecule has 0 radical (unpaired) electrons. The van der Waals surface area contributed by atoms with Gasteiger partial charge in [0.25, 0.3) is 0 Å².